The number of amides is 1. The van der Waals surface area contributed by atoms with Crippen molar-refractivity contribution in [2.24, 2.45) is 0 Å². The van der Waals surface area contributed by atoms with E-state index in [1.54, 1.807) is 18.1 Å². The van der Waals surface area contributed by atoms with Gasteiger partial charge in [0, 0.05) is 19.3 Å². The van der Waals surface area contributed by atoms with Gasteiger partial charge < -0.3 is 15.0 Å². The number of hydrogen-bond acceptors (Lipinski definition) is 5. The summed E-state index contributed by atoms with van der Waals surface area (Å²) in [5.41, 5.74) is 1.20. The molecule has 1 aromatic heterocycles. The van der Waals surface area contributed by atoms with Crippen molar-refractivity contribution in [3.63, 3.8) is 0 Å². The summed E-state index contributed by atoms with van der Waals surface area (Å²) in [7, 11) is 1.78. The summed E-state index contributed by atoms with van der Waals surface area (Å²) in [5.74, 6) is 2.00. The highest BCUT2D eigenvalue weighted by Gasteiger charge is 2.13. The van der Waals surface area contributed by atoms with E-state index < -0.39 is 0 Å². The molecule has 6 heteroatoms. The molecular formula is C22H24N4O2. The molecule has 0 spiro atoms. The molecule has 0 radical (unpaired) electrons. The summed E-state index contributed by atoms with van der Waals surface area (Å²) in [4.78, 5) is 22.5. The van der Waals surface area contributed by atoms with Crippen LogP contribution in [0.25, 0.3) is 0 Å². The molecule has 1 N–H and O–H groups in total. The topological polar surface area (TPSA) is 67.4 Å². The van der Waals surface area contributed by atoms with Crippen molar-refractivity contribution in [2.45, 2.75) is 19.8 Å². The molecule has 0 aliphatic heterocycles. The van der Waals surface area contributed by atoms with Crippen LogP contribution in [-0.2, 0) is 0 Å². The van der Waals surface area contributed by atoms with E-state index in [-0.39, 0.29) is 5.91 Å². The van der Waals surface area contributed by atoms with E-state index in [2.05, 4.69) is 22.2 Å². The highest BCUT2D eigenvalue weighted by molar-refractivity contribution is 5.91. The second-order valence-corrected chi connectivity index (χ2v) is 6.43. The number of carbonyl (C=O) groups excluding carboxylic acids is 1. The third kappa shape index (κ3) is 5.30. The highest BCUT2D eigenvalue weighted by Crippen LogP contribution is 2.23. The number of nitrogens with one attached hydrogen (secondary N) is 1. The van der Waals surface area contributed by atoms with Gasteiger partial charge in [-0.25, -0.2) is 9.97 Å². The lowest BCUT2D eigenvalue weighted by Gasteiger charge is -2.16. The Labute approximate surface area is 165 Å². The molecule has 28 heavy (non-hydrogen) atoms. The first-order chi connectivity index (χ1) is 13.7. The number of ether oxygens (including phenoxy) is 1. The summed E-state index contributed by atoms with van der Waals surface area (Å²) in [6.07, 6.45) is 5.08. The van der Waals surface area contributed by atoms with Crippen molar-refractivity contribution in [3.05, 3.63) is 72.7 Å². The van der Waals surface area contributed by atoms with Gasteiger partial charge in [-0.1, -0.05) is 31.5 Å². The Morgan fingerprint density at radius 2 is 1.71 bits per heavy atom. The van der Waals surface area contributed by atoms with E-state index in [1.807, 2.05) is 54.6 Å². The number of benzene rings is 2. The monoisotopic (exact) mass is 376 g/mol. The molecule has 0 saturated carbocycles. The number of para-hydroxylation sites is 1. The van der Waals surface area contributed by atoms with Gasteiger partial charge in [0.15, 0.2) is 0 Å². The predicted molar refractivity (Wildman–Crippen MR) is 110 cm³/mol. The maximum atomic E-state index is 12.3. The molecule has 6 nitrogen and oxygen atoms in total. The highest BCUT2D eigenvalue weighted by atomic mass is 16.5. The maximum absolute atomic E-state index is 12.3. The molecule has 2 aromatic carbocycles. The minimum atomic E-state index is -0.116. The second kappa shape index (κ2) is 9.50. The number of hydrogen-bond donors (Lipinski definition) is 1. The number of aromatic nitrogens is 2. The van der Waals surface area contributed by atoms with E-state index in [9.17, 15) is 4.79 Å². The van der Waals surface area contributed by atoms with Crippen LogP contribution in [0.15, 0.2) is 67.0 Å². The standard InChI is InChI=1S/C22H24N4O2/c1-3-4-14-26(2)22(27)20-15-24-21(16-23-20)25-17-10-12-19(13-11-17)28-18-8-6-5-7-9-18/h5-13,15-16H,3-4,14H2,1-2H3,(H,24,25). The number of carbonyl (C=O) groups is 1. The zero-order valence-electron chi connectivity index (χ0n) is 16.1. The first kappa shape index (κ1) is 19.4. The Kier molecular flexibility index (Phi) is 6.57. The minimum absolute atomic E-state index is 0.116. The number of unbranched alkanes of at least 4 members (excludes halogenated alkanes) is 1. The van der Waals surface area contributed by atoms with Gasteiger partial charge in [-0.05, 0) is 42.8 Å². The first-order valence-corrected chi connectivity index (χ1v) is 9.33. The molecule has 0 aliphatic rings. The van der Waals surface area contributed by atoms with Crippen LogP contribution in [0.1, 0.15) is 30.3 Å². The van der Waals surface area contributed by atoms with E-state index in [1.165, 1.54) is 6.20 Å². The van der Waals surface area contributed by atoms with E-state index in [0.717, 1.165) is 30.0 Å². The smallest absolute Gasteiger partial charge is 0.273 e. The van der Waals surface area contributed by atoms with Crippen molar-refractivity contribution in [1.82, 2.24) is 14.9 Å². The number of anilines is 2. The van der Waals surface area contributed by atoms with Crippen LogP contribution in [0.5, 0.6) is 11.5 Å². The fraction of sp³-hybridized carbons (Fsp3) is 0.227. The zero-order valence-corrected chi connectivity index (χ0v) is 16.1. The molecule has 0 bridgehead atoms. The van der Waals surface area contributed by atoms with Gasteiger partial charge in [-0.15, -0.1) is 0 Å². The van der Waals surface area contributed by atoms with Crippen LogP contribution in [0.2, 0.25) is 0 Å². The normalized spacial score (nSPS) is 10.4. The van der Waals surface area contributed by atoms with Gasteiger partial charge in [-0.2, -0.15) is 0 Å². The second-order valence-electron chi connectivity index (χ2n) is 6.43. The van der Waals surface area contributed by atoms with E-state index in [0.29, 0.717) is 18.1 Å². The largest absolute Gasteiger partial charge is 0.457 e. The van der Waals surface area contributed by atoms with Gasteiger partial charge in [0.05, 0.1) is 12.4 Å². The molecule has 0 saturated heterocycles. The number of nitrogens with zero attached hydrogens (tertiary/aromatic N) is 3. The van der Waals surface area contributed by atoms with Crippen molar-refractivity contribution in [1.29, 1.82) is 0 Å². The van der Waals surface area contributed by atoms with E-state index in [4.69, 9.17) is 4.74 Å². The Morgan fingerprint density at radius 3 is 2.36 bits per heavy atom. The average molecular weight is 376 g/mol. The Morgan fingerprint density at radius 1 is 1.00 bits per heavy atom. The summed E-state index contributed by atoms with van der Waals surface area (Å²) < 4.78 is 5.78. The van der Waals surface area contributed by atoms with Crippen molar-refractivity contribution >= 4 is 17.4 Å². The first-order valence-electron chi connectivity index (χ1n) is 9.33. The molecule has 144 valence electrons. The minimum Gasteiger partial charge on any atom is -0.457 e. The lowest BCUT2D eigenvalue weighted by Crippen LogP contribution is -2.28. The zero-order chi connectivity index (χ0) is 19.8. The van der Waals surface area contributed by atoms with Crippen LogP contribution in [0.4, 0.5) is 11.5 Å². The van der Waals surface area contributed by atoms with Crippen molar-refractivity contribution < 1.29 is 9.53 Å². The molecular weight excluding hydrogens is 352 g/mol. The fourth-order valence-electron chi connectivity index (χ4n) is 2.57. The lowest BCUT2D eigenvalue weighted by atomic mass is 10.3. The molecule has 0 fully saturated rings. The van der Waals surface area contributed by atoms with Crippen LogP contribution in [0, 0.1) is 0 Å². The summed E-state index contributed by atoms with van der Waals surface area (Å²) in [6, 6.07) is 17.2. The van der Waals surface area contributed by atoms with Gasteiger partial charge in [-0.3, -0.25) is 4.79 Å². The van der Waals surface area contributed by atoms with Crippen LogP contribution in [0.3, 0.4) is 0 Å². The SMILES string of the molecule is CCCCN(C)C(=O)c1cnc(Nc2ccc(Oc3ccccc3)cc2)cn1. The Bertz CT molecular complexity index is 881. The summed E-state index contributed by atoms with van der Waals surface area (Å²) >= 11 is 0. The van der Waals surface area contributed by atoms with Crippen LogP contribution in [-0.4, -0.2) is 34.4 Å². The quantitative estimate of drug-likeness (QED) is 0.606. The summed E-state index contributed by atoms with van der Waals surface area (Å²) in [5, 5.41) is 3.17. The average Bonchev–Trinajstić information content (AvgIpc) is 2.74. The lowest BCUT2D eigenvalue weighted by molar-refractivity contribution is 0.0787. The molecule has 1 amide bonds. The predicted octanol–water partition coefficient (Wildman–Crippen LogP) is 4.88. The molecule has 3 aromatic rings. The maximum Gasteiger partial charge on any atom is 0.273 e. The van der Waals surface area contributed by atoms with Crippen molar-refractivity contribution in [2.75, 3.05) is 18.9 Å². The molecule has 3 rings (SSSR count). The van der Waals surface area contributed by atoms with Crippen LogP contribution >= 0.6 is 0 Å². The molecule has 0 aliphatic carbocycles. The van der Waals surface area contributed by atoms with Crippen LogP contribution < -0.4 is 10.1 Å². The Balaban J connectivity index is 1.58. The molecule has 0 atom stereocenters. The Hall–Kier alpha value is -3.41. The van der Waals surface area contributed by atoms with Gasteiger partial charge in [0.2, 0.25) is 0 Å². The molecule has 0 unspecified atom stereocenters. The fourth-order valence-corrected chi connectivity index (χ4v) is 2.57. The third-order valence-corrected chi connectivity index (χ3v) is 4.17. The van der Waals surface area contributed by atoms with Gasteiger partial charge in [0.25, 0.3) is 5.91 Å². The molecule has 1 heterocycles. The van der Waals surface area contributed by atoms with Gasteiger partial charge >= 0.3 is 0 Å². The summed E-state index contributed by atoms with van der Waals surface area (Å²) in [6.45, 7) is 2.81. The number of rotatable bonds is 8. The van der Waals surface area contributed by atoms with Crippen molar-refractivity contribution in [3.8, 4) is 11.5 Å². The third-order valence-electron chi connectivity index (χ3n) is 4.17. The van der Waals surface area contributed by atoms with E-state index >= 15 is 0 Å². The van der Waals surface area contributed by atoms with Gasteiger partial charge in [0.1, 0.15) is 23.0 Å².